The molecule has 1 atom stereocenters. The first-order chi connectivity index (χ1) is 25.2. The lowest BCUT2D eigenvalue weighted by Crippen LogP contribution is -2.48. The predicted octanol–water partition coefficient (Wildman–Crippen LogP) is 8.20. The Bertz CT molecular complexity index is 1870. The van der Waals surface area contributed by atoms with Gasteiger partial charge in [-0.25, -0.2) is 0 Å². The summed E-state index contributed by atoms with van der Waals surface area (Å²) in [5.41, 5.74) is 9.70. The Labute approximate surface area is 318 Å². The van der Waals surface area contributed by atoms with Crippen molar-refractivity contribution in [1.82, 2.24) is 19.3 Å². The van der Waals surface area contributed by atoms with E-state index in [0.29, 0.717) is 11.7 Å². The number of hydrogen-bond acceptors (Lipinski definition) is 6. The number of benzene rings is 2. The number of carbonyl (C=O) groups is 2. The van der Waals surface area contributed by atoms with Crippen LogP contribution in [0.4, 0.5) is 5.69 Å². The Morgan fingerprint density at radius 3 is 2.28 bits per heavy atom. The fourth-order valence-corrected chi connectivity index (χ4v) is 8.90. The number of anilines is 1. The maximum absolute atomic E-state index is 14.3. The lowest BCUT2D eigenvalue weighted by molar-refractivity contribution is -0.118. The molecule has 8 nitrogen and oxygen atoms in total. The van der Waals surface area contributed by atoms with Crippen LogP contribution in [-0.4, -0.2) is 89.9 Å². The zero-order valence-corrected chi connectivity index (χ0v) is 33.9. The average Bonchev–Trinajstić information content (AvgIpc) is 3.71. The zero-order chi connectivity index (χ0) is 38.0. The lowest BCUT2D eigenvalue weighted by Gasteiger charge is -2.37. The summed E-state index contributed by atoms with van der Waals surface area (Å²) in [6.07, 6.45) is 11.2. The number of para-hydroxylation sites is 1. The molecule has 6 rings (SSSR count). The Morgan fingerprint density at radius 1 is 0.962 bits per heavy atom. The van der Waals surface area contributed by atoms with Crippen molar-refractivity contribution < 1.29 is 14.3 Å². The summed E-state index contributed by atoms with van der Waals surface area (Å²) in [4.78, 5) is 34.4. The van der Waals surface area contributed by atoms with E-state index >= 15 is 0 Å². The van der Waals surface area contributed by atoms with Crippen molar-refractivity contribution in [2.75, 3.05) is 52.2 Å². The van der Waals surface area contributed by atoms with Crippen LogP contribution in [0.3, 0.4) is 0 Å². The summed E-state index contributed by atoms with van der Waals surface area (Å²) in [6.45, 7) is 19.3. The number of aromatic nitrogens is 1. The van der Waals surface area contributed by atoms with Gasteiger partial charge in [0.15, 0.2) is 5.78 Å². The Kier molecular flexibility index (Phi) is 12.0. The Morgan fingerprint density at radius 2 is 1.66 bits per heavy atom. The van der Waals surface area contributed by atoms with Crippen molar-refractivity contribution in [2.45, 2.75) is 111 Å². The second-order valence-electron chi connectivity index (χ2n) is 17.1. The number of carbonyl (C=O) groups excluding carboxylic acids is 2. The van der Waals surface area contributed by atoms with Crippen LogP contribution in [0, 0.1) is 6.92 Å². The highest BCUT2D eigenvalue weighted by Gasteiger charge is 2.29. The van der Waals surface area contributed by atoms with Crippen LogP contribution < -0.4 is 10.1 Å². The van der Waals surface area contributed by atoms with Crippen LogP contribution in [0.5, 0.6) is 5.75 Å². The van der Waals surface area contributed by atoms with Crippen molar-refractivity contribution in [2.24, 2.45) is 7.05 Å². The molecular formula is C45H63N5O3. The fraction of sp³-hybridized carbons (Fsp3) is 0.556. The summed E-state index contributed by atoms with van der Waals surface area (Å²) in [5.74, 6) is 0.901. The van der Waals surface area contributed by atoms with E-state index in [0.717, 1.165) is 118 Å². The van der Waals surface area contributed by atoms with E-state index in [-0.39, 0.29) is 23.1 Å². The topological polar surface area (TPSA) is 70.1 Å². The molecule has 1 saturated carbocycles. The van der Waals surface area contributed by atoms with Gasteiger partial charge in [0.1, 0.15) is 11.4 Å². The van der Waals surface area contributed by atoms with Crippen molar-refractivity contribution in [3.8, 4) is 5.75 Å². The maximum atomic E-state index is 14.3. The standard InChI is InChI=1S/C45H63N5O3/c1-30(2)50-24-22-49(23-25-50)29-36-27-37(45(4,5)6)31(3)41(43(36)53-9)46-44(52)39-28-35-13-10-12-34(42(35)48(39)8)20-19-32-15-17-33(18-16-32)26-40(51)38-14-11-21-47(38)7/h10,12-13,19,26-28,30,38H,11,14-18,20-25,29H2,1-9H3,(H,46,52). The van der Waals surface area contributed by atoms with Gasteiger partial charge in [0.2, 0.25) is 0 Å². The largest absolute Gasteiger partial charge is 0.494 e. The van der Waals surface area contributed by atoms with E-state index < -0.39 is 0 Å². The van der Waals surface area contributed by atoms with E-state index in [1.807, 2.05) is 19.2 Å². The van der Waals surface area contributed by atoms with Gasteiger partial charge in [-0.2, -0.15) is 0 Å². The molecular weight excluding hydrogens is 659 g/mol. The first kappa shape index (κ1) is 39.0. The highest BCUT2D eigenvalue weighted by atomic mass is 16.5. The number of allylic oxidation sites excluding steroid dienone is 3. The van der Waals surface area contributed by atoms with Gasteiger partial charge < -0.3 is 14.6 Å². The predicted molar refractivity (Wildman–Crippen MR) is 218 cm³/mol. The number of piperazine rings is 1. The minimum atomic E-state index is -0.137. The van der Waals surface area contributed by atoms with Crippen LogP contribution in [0.25, 0.3) is 10.9 Å². The second-order valence-corrected chi connectivity index (χ2v) is 17.1. The molecule has 53 heavy (non-hydrogen) atoms. The molecule has 2 aromatic carbocycles. The molecule has 1 aliphatic carbocycles. The SMILES string of the molecule is COc1c(CN2CCN(C(C)C)CC2)cc(C(C)(C)C)c(C)c1NC(=O)c1cc2cccc(CC=C3CCC(=CC(=O)C4CCCN4C)CC3)c2n1C. The van der Waals surface area contributed by atoms with Gasteiger partial charge in [0.25, 0.3) is 5.91 Å². The quantitative estimate of drug-likeness (QED) is 0.168. The van der Waals surface area contributed by atoms with Crippen LogP contribution in [0.2, 0.25) is 0 Å². The number of likely N-dealkylation sites (N-methyl/N-ethyl adjacent to an activating group) is 1. The molecule has 3 aliphatic rings. The van der Waals surface area contributed by atoms with Gasteiger partial charge in [-0.15, -0.1) is 0 Å². The summed E-state index contributed by atoms with van der Waals surface area (Å²) in [6, 6.07) is 11.3. The smallest absolute Gasteiger partial charge is 0.272 e. The molecule has 286 valence electrons. The lowest BCUT2D eigenvalue weighted by atomic mass is 9.82. The first-order valence-corrected chi connectivity index (χ1v) is 19.9. The summed E-state index contributed by atoms with van der Waals surface area (Å²) in [5, 5.41) is 4.41. The van der Waals surface area contributed by atoms with Crippen molar-refractivity contribution in [1.29, 1.82) is 0 Å². The molecule has 1 aromatic heterocycles. The van der Waals surface area contributed by atoms with Crippen LogP contribution >= 0.6 is 0 Å². The van der Waals surface area contributed by atoms with Gasteiger partial charge in [-0.3, -0.25) is 24.3 Å². The number of hydrogen-bond donors (Lipinski definition) is 1. The number of likely N-dealkylation sites (tertiary alicyclic amines) is 1. The molecule has 1 unspecified atom stereocenters. The molecule has 0 radical (unpaired) electrons. The fourth-order valence-electron chi connectivity index (χ4n) is 8.90. The van der Waals surface area contributed by atoms with Gasteiger partial charge >= 0.3 is 0 Å². The highest BCUT2D eigenvalue weighted by molar-refractivity contribution is 6.08. The molecule has 1 amide bonds. The van der Waals surface area contributed by atoms with Crippen molar-refractivity contribution in [3.05, 3.63) is 81.6 Å². The van der Waals surface area contributed by atoms with E-state index in [4.69, 9.17) is 4.74 Å². The Hall–Kier alpha value is -3.72. The van der Waals surface area contributed by atoms with E-state index in [1.165, 1.54) is 22.3 Å². The third-order valence-electron chi connectivity index (χ3n) is 12.1. The number of methoxy groups -OCH3 is 1. The normalized spacial score (nSPS) is 19.3. The zero-order valence-electron chi connectivity index (χ0n) is 33.9. The summed E-state index contributed by atoms with van der Waals surface area (Å²) >= 11 is 0. The van der Waals surface area contributed by atoms with Crippen LogP contribution in [0.15, 0.2) is 53.6 Å². The molecule has 0 bridgehead atoms. The van der Waals surface area contributed by atoms with Crippen LogP contribution in [-0.2, 0) is 30.2 Å². The number of aryl methyl sites for hydroxylation is 1. The molecule has 3 aromatic rings. The maximum Gasteiger partial charge on any atom is 0.272 e. The third-order valence-corrected chi connectivity index (χ3v) is 12.1. The molecule has 0 spiro atoms. The number of ketones is 1. The summed E-state index contributed by atoms with van der Waals surface area (Å²) in [7, 11) is 5.79. The minimum absolute atomic E-state index is 0.0653. The minimum Gasteiger partial charge on any atom is -0.494 e. The van der Waals surface area contributed by atoms with Crippen molar-refractivity contribution >= 4 is 28.3 Å². The van der Waals surface area contributed by atoms with E-state index in [9.17, 15) is 9.59 Å². The van der Waals surface area contributed by atoms with Gasteiger partial charge in [-0.05, 0) is 120 Å². The van der Waals surface area contributed by atoms with Crippen molar-refractivity contribution in [3.63, 3.8) is 0 Å². The first-order valence-electron chi connectivity index (χ1n) is 19.9. The molecule has 3 heterocycles. The average molecular weight is 722 g/mol. The van der Waals surface area contributed by atoms with Crippen LogP contribution in [0.1, 0.15) is 106 Å². The molecule has 2 saturated heterocycles. The number of nitrogens with one attached hydrogen (secondary N) is 1. The van der Waals surface area contributed by atoms with Gasteiger partial charge in [-0.1, -0.05) is 56.2 Å². The molecule has 1 N–H and O–H groups in total. The third kappa shape index (κ3) is 8.66. The molecule has 8 heteroatoms. The number of fused-ring (bicyclic) bond motifs is 1. The molecule has 2 aliphatic heterocycles. The number of amides is 1. The highest BCUT2D eigenvalue weighted by Crippen LogP contribution is 2.41. The van der Waals surface area contributed by atoms with Gasteiger partial charge in [0, 0.05) is 56.8 Å². The number of nitrogens with zero attached hydrogens (tertiary/aromatic N) is 4. The summed E-state index contributed by atoms with van der Waals surface area (Å²) < 4.78 is 8.18. The van der Waals surface area contributed by atoms with E-state index in [1.54, 1.807) is 7.11 Å². The van der Waals surface area contributed by atoms with Gasteiger partial charge in [0.05, 0.1) is 24.4 Å². The number of rotatable bonds is 10. The molecule has 3 fully saturated rings. The number of ether oxygens (including phenoxy) is 1. The monoisotopic (exact) mass is 721 g/mol. The second kappa shape index (κ2) is 16.3. The van der Waals surface area contributed by atoms with E-state index in [2.05, 4.69) is 104 Å². The Balaban J connectivity index is 1.20.